The molecule has 78 valence electrons. The Hall–Kier alpha value is -1.06. The first-order valence-corrected chi connectivity index (χ1v) is 4.83. The summed E-state index contributed by atoms with van der Waals surface area (Å²) in [5.74, 6) is 0.917. The SMILES string of the molecule is CNC(CCN)c1ccccc1OC. The highest BCUT2D eigenvalue weighted by atomic mass is 16.5. The summed E-state index contributed by atoms with van der Waals surface area (Å²) in [4.78, 5) is 0. The number of benzene rings is 1. The third-order valence-corrected chi connectivity index (χ3v) is 2.32. The Morgan fingerprint density at radius 3 is 2.71 bits per heavy atom. The lowest BCUT2D eigenvalue weighted by Crippen LogP contribution is -2.20. The van der Waals surface area contributed by atoms with Crippen molar-refractivity contribution in [2.75, 3.05) is 20.7 Å². The van der Waals surface area contributed by atoms with Gasteiger partial charge in [-0.2, -0.15) is 0 Å². The van der Waals surface area contributed by atoms with Gasteiger partial charge in [0.05, 0.1) is 7.11 Å². The van der Waals surface area contributed by atoms with Crippen molar-refractivity contribution in [2.45, 2.75) is 12.5 Å². The summed E-state index contributed by atoms with van der Waals surface area (Å²) in [6.07, 6.45) is 0.914. The van der Waals surface area contributed by atoms with Gasteiger partial charge in [-0.25, -0.2) is 0 Å². The molecule has 0 aliphatic rings. The van der Waals surface area contributed by atoms with Crippen LogP contribution in [0.25, 0.3) is 0 Å². The van der Waals surface area contributed by atoms with Crippen LogP contribution >= 0.6 is 0 Å². The van der Waals surface area contributed by atoms with Crippen molar-refractivity contribution in [3.8, 4) is 5.75 Å². The number of methoxy groups -OCH3 is 1. The zero-order chi connectivity index (χ0) is 10.4. The van der Waals surface area contributed by atoms with Crippen molar-refractivity contribution in [2.24, 2.45) is 5.73 Å². The number of hydrogen-bond acceptors (Lipinski definition) is 3. The fraction of sp³-hybridized carbons (Fsp3) is 0.455. The van der Waals surface area contributed by atoms with Gasteiger partial charge in [0.25, 0.3) is 0 Å². The van der Waals surface area contributed by atoms with Gasteiger partial charge in [0.1, 0.15) is 5.75 Å². The van der Waals surface area contributed by atoms with Gasteiger partial charge in [0.15, 0.2) is 0 Å². The number of nitrogens with two attached hydrogens (primary N) is 1. The number of ether oxygens (including phenoxy) is 1. The maximum atomic E-state index is 5.55. The smallest absolute Gasteiger partial charge is 0.123 e. The first-order valence-electron chi connectivity index (χ1n) is 4.83. The van der Waals surface area contributed by atoms with E-state index in [2.05, 4.69) is 11.4 Å². The molecule has 0 saturated carbocycles. The van der Waals surface area contributed by atoms with E-state index >= 15 is 0 Å². The summed E-state index contributed by atoms with van der Waals surface area (Å²) in [5.41, 5.74) is 6.72. The van der Waals surface area contributed by atoms with Gasteiger partial charge >= 0.3 is 0 Å². The van der Waals surface area contributed by atoms with E-state index in [1.165, 1.54) is 5.56 Å². The summed E-state index contributed by atoms with van der Waals surface area (Å²) in [6.45, 7) is 0.670. The van der Waals surface area contributed by atoms with E-state index < -0.39 is 0 Å². The zero-order valence-corrected chi connectivity index (χ0v) is 8.79. The second-order valence-corrected chi connectivity index (χ2v) is 3.16. The number of hydrogen-bond donors (Lipinski definition) is 2. The summed E-state index contributed by atoms with van der Waals surface area (Å²) >= 11 is 0. The van der Waals surface area contributed by atoms with Crippen LogP contribution in [0.3, 0.4) is 0 Å². The highest BCUT2D eigenvalue weighted by Gasteiger charge is 2.12. The number of rotatable bonds is 5. The van der Waals surface area contributed by atoms with Gasteiger partial charge in [-0.3, -0.25) is 0 Å². The lowest BCUT2D eigenvalue weighted by Gasteiger charge is -2.18. The van der Waals surface area contributed by atoms with Crippen LogP contribution in [0.1, 0.15) is 18.0 Å². The molecule has 1 rings (SSSR count). The quantitative estimate of drug-likeness (QED) is 0.743. The standard InChI is InChI=1S/C11H18N2O/c1-13-10(7-8-12)9-5-3-4-6-11(9)14-2/h3-6,10,13H,7-8,12H2,1-2H3. The monoisotopic (exact) mass is 194 g/mol. The lowest BCUT2D eigenvalue weighted by atomic mass is 10.0. The molecule has 0 heterocycles. The summed E-state index contributed by atoms with van der Waals surface area (Å²) in [6, 6.07) is 8.29. The molecule has 0 spiro atoms. The Kier molecular flexibility index (Phi) is 4.43. The molecule has 0 bridgehead atoms. The van der Waals surface area contributed by atoms with Crippen molar-refractivity contribution in [3.05, 3.63) is 29.8 Å². The minimum Gasteiger partial charge on any atom is -0.496 e. The number of para-hydroxylation sites is 1. The normalized spacial score (nSPS) is 12.5. The molecule has 1 aromatic rings. The molecule has 0 aliphatic heterocycles. The second kappa shape index (κ2) is 5.62. The maximum absolute atomic E-state index is 5.55. The largest absolute Gasteiger partial charge is 0.496 e. The Morgan fingerprint density at radius 2 is 2.14 bits per heavy atom. The molecule has 0 amide bonds. The summed E-state index contributed by atoms with van der Waals surface area (Å²) < 4.78 is 5.29. The minimum absolute atomic E-state index is 0.274. The van der Waals surface area contributed by atoms with E-state index in [1.807, 2.05) is 25.2 Å². The lowest BCUT2D eigenvalue weighted by molar-refractivity contribution is 0.399. The van der Waals surface area contributed by atoms with Crippen LogP contribution in [-0.4, -0.2) is 20.7 Å². The Bertz CT molecular complexity index is 276. The van der Waals surface area contributed by atoms with Crippen molar-refractivity contribution in [1.29, 1.82) is 0 Å². The van der Waals surface area contributed by atoms with Crippen LogP contribution in [0.2, 0.25) is 0 Å². The molecule has 0 aliphatic carbocycles. The first kappa shape index (κ1) is 11.0. The predicted molar refractivity (Wildman–Crippen MR) is 58.5 cm³/mol. The molecule has 14 heavy (non-hydrogen) atoms. The average molecular weight is 194 g/mol. The summed E-state index contributed by atoms with van der Waals surface area (Å²) in [5, 5.41) is 3.23. The molecule has 3 heteroatoms. The molecule has 0 fully saturated rings. The molecular weight excluding hydrogens is 176 g/mol. The van der Waals surface area contributed by atoms with Crippen molar-refractivity contribution in [1.82, 2.24) is 5.32 Å². The molecule has 0 aromatic heterocycles. The molecule has 1 unspecified atom stereocenters. The van der Waals surface area contributed by atoms with Crippen LogP contribution in [0.4, 0.5) is 0 Å². The predicted octanol–water partition coefficient (Wildman–Crippen LogP) is 1.30. The van der Waals surface area contributed by atoms with E-state index in [0.717, 1.165) is 12.2 Å². The van der Waals surface area contributed by atoms with Crippen LogP contribution in [-0.2, 0) is 0 Å². The Morgan fingerprint density at radius 1 is 1.43 bits per heavy atom. The van der Waals surface area contributed by atoms with Crippen molar-refractivity contribution in [3.63, 3.8) is 0 Å². The second-order valence-electron chi connectivity index (χ2n) is 3.16. The highest BCUT2D eigenvalue weighted by Crippen LogP contribution is 2.25. The fourth-order valence-electron chi connectivity index (χ4n) is 1.58. The third-order valence-electron chi connectivity index (χ3n) is 2.32. The van der Waals surface area contributed by atoms with Crippen LogP contribution in [0.5, 0.6) is 5.75 Å². The fourth-order valence-corrected chi connectivity index (χ4v) is 1.58. The Balaban J connectivity index is 2.90. The molecule has 1 aromatic carbocycles. The van der Waals surface area contributed by atoms with Crippen molar-refractivity contribution < 1.29 is 4.74 Å². The Labute approximate surface area is 85.3 Å². The highest BCUT2D eigenvalue weighted by molar-refractivity contribution is 5.35. The van der Waals surface area contributed by atoms with Crippen LogP contribution in [0, 0.1) is 0 Å². The number of nitrogens with one attached hydrogen (secondary N) is 1. The topological polar surface area (TPSA) is 47.3 Å². The van der Waals surface area contributed by atoms with E-state index in [1.54, 1.807) is 7.11 Å². The molecule has 3 N–H and O–H groups in total. The molecule has 0 radical (unpaired) electrons. The zero-order valence-electron chi connectivity index (χ0n) is 8.79. The van der Waals surface area contributed by atoms with Gasteiger partial charge in [0.2, 0.25) is 0 Å². The van der Waals surface area contributed by atoms with Crippen LogP contribution in [0.15, 0.2) is 24.3 Å². The van der Waals surface area contributed by atoms with E-state index in [4.69, 9.17) is 10.5 Å². The van der Waals surface area contributed by atoms with Gasteiger partial charge in [-0.05, 0) is 26.1 Å². The summed E-state index contributed by atoms with van der Waals surface area (Å²) in [7, 11) is 3.63. The average Bonchev–Trinajstić information content (AvgIpc) is 2.26. The first-order chi connectivity index (χ1) is 6.83. The molecular formula is C11H18N2O. The molecule has 3 nitrogen and oxygen atoms in total. The minimum atomic E-state index is 0.274. The van der Waals surface area contributed by atoms with Crippen molar-refractivity contribution >= 4 is 0 Å². The third kappa shape index (κ3) is 2.47. The molecule has 1 atom stereocenters. The van der Waals surface area contributed by atoms with E-state index in [9.17, 15) is 0 Å². The van der Waals surface area contributed by atoms with Crippen LogP contribution < -0.4 is 15.8 Å². The molecule has 0 saturated heterocycles. The maximum Gasteiger partial charge on any atom is 0.123 e. The van der Waals surface area contributed by atoms with Gasteiger partial charge in [0, 0.05) is 11.6 Å². The van der Waals surface area contributed by atoms with E-state index in [-0.39, 0.29) is 6.04 Å². The van der Waals surface area contributed by atoms with E-state index in [0.29, 0.717) is 6.54 Å². The van der Waals surface area contributed by atoms with Gasteiger partial charge in [-0.15, -0.1) is 0 Å². The van der Waals surface area contributed by atoms with Gasteiger partial charge < -0.3 is 15.8 Å². The van der Waals surface area contributed by atoms with Gasteiger partial charge in [-0.1, -0.05) is 18.2 Å².